The number of piperidine rings is 2. The first-order valence-corrected chi connectivity index (χ1v) is 10.9. The number of likely N-dealkylation sites (tertiary alicyclic amines) is 2. The fraction of sp³-hybridized carbons (Fsp3) is 0.652. The van der Waals surface area contributed by atoms with Crippen LogP contribution in [-0.2, 0) is 16.0 Å². The molecule has 0 aromatic heterocycles. The van der Waals surface area contributed by atoms with E-state index >= 15 is 0 Å². The largest absolute Gasteiger partial charge is 0.444 e. The molecule has 1 aromatic carbocycles. The van der Waals surface area contributed by atoms with Gasteiger partial charge >= 0.3 is 6.09 Å². The second-order valence-corrected chi connectivity index (χ2v) is 9.61. The Labute approximate surface area is 178 Å². The number of ether oxygens (including phenoxy) is 1. The zero-order valence-corrected chi connectivity index (χ0v) is 18.3. The molecular weight excluding hydrogens is 385 g/mol. The van der Waals surface area contributed by atoms with Crippen LogP contribution in [0.25, 0.3) is 0 Å². The predicted molar refractivity (Wildman–Crippen MR) is 113 cm³/mol. The molecule has 3 rings (SSSR count). The standard InChI is InChI=1S/C23H34FN3O3/c1-23(2,3)30-22(29)27-12-10-19(20(25)15-27)21(28)26-11-4-5-17(14-26)13-16-6-8-18(24)9-7-16/h6-9,17,19-20H,4-5,10-15,25H2,1-3H3/t17?,19-,20-/m0/s1. The van der Waals surface area contributed by atoms with Crippen LogP contribution in [0.4, 0.5) is 9.18 Å². The summed E-state index contributed by atoms with van der Waals surface area (Å²) in [6.07, 6.45) is 3.04. The van der Waals surface area contributed by atoms with Crippen molar-refractivity contribution in [2.75, 3.05) is 26.2 Å². The molecule has 2 heterocycles. The summed E-state index contributed by atoms with van der Waals surface area (Å²) in [7, 11) is 0. The smallest absolute Gasteiger partial charge is 0.410 e. The van der Waals surface area contributed by atoms with Gasteiger partial charge < -0.3 is 20.3 Å². The molecule has 6 nitrogen and oxygen atoms in total. The van der Waals surface area contributed by atoms with Gasteiger partial charge in [-0.25, -0.2) is 9.18 Å². The van der Waals surface area contributed by atoms with E-state index in [1.165, 1.54) is 12.1 Å². The predicted octanol–water partition coefficient (Wildman–Crippen LogP) is 3.19. The first kappa shape index (κ1) is 22.5. The number of carbonyl (C=O) groups excluding carboxylic acids is 2. The maximum Gasteiger partial charge on any atom is 0.410 e. The summed E-state index contributed by atoms with van der Waals surface area (Å²) in [5.41, 5.74) is 6.86. The minimum atomic E-state index is -0.554. The Morgan fingerprint density at radius 3 is 2.43 bits per heavy atom. The molecule has 166 valence electrons. The van der Waals surface area contributed by atoms with Crippen molar-refractivity contribution in [1.29, 1.82) is 0 Å². The van der Waals surface area contributed by atoms with E-state index in [2.05, 4.69) is 0 Å². The Balaban J connectivity index is 1.54. The molecule has 0 bridgehead atoms. The second kappa shape index (κ2) is 9.33. The average molecular weight is 420 g/mol. The van der Waals surface area contributed by atoms with Gasteiger partial charge in [-0.15, -0.1) is 0 Å². The maximum absolute atomic E-state index is 13.2. The fourth-order valence-corrected chi connectivity index (χ4v) is 4.40. The van der Waals surface area contributed by atoms with Crippen LogP contribution < -0.4 is 5.73 Å². The van der Waals surface area contributed by atoms with Crippen LogP contribution in [0.5, 0.6) is 0 Å². The lowest BCUT2D eigenvalue weighted by molar-refractivity contribution is -0.139. The fourth-order valence-electron chi connectivity index (χ4n) is 4.40. The number of carbonyl (C=O) groups is 2. The van der Waals surface area contributed by atoms with E-state index in [1.54, 1.807) is 4.90 Å². The van der Waals surface area contributed by atoms with E-state index < -0.39 is 11.6 Å². The molecule has 2 aliphatic heterocycles. The molecule has 2 aliphatic rings. The molecule has 1 unspecified atom stereocenters. The summed E-state index contributed by atoms with van der Waals surface area (Å²) >= 11 is 0. The Kier molecular flexibility index (Phi) is 7.01. The van der Waals surface area contributed by atoms with Crippen LogP contribution >= 0.6 is 0 Å². The van der Waals surface area contributed by atoms with E-state index in [4.69, 9.17) is 10.5 Å². The van der Waals surface area contributed by atoms with Gasteiger partial charge in [0.2, 0.25) is 5.91 Å². The molecule has 2 saturated heterocycles. The van der Waals surface area contributed by atoms with E-state index in [0.29, 0.717) is 32.0 Å². The maximum atomic E-state index is 13.2. The normalized spacial score (nSPS) is 25.2. The lowest BCUT2D eigenvalue weighted by Crippen LogP contribution is -2.56. The van der Waals surface area contributed by atoms with Crippen molar-refractivity contribution in [3.8, 4) is 0 Å². The summed E-state index contributed by atoms with van der Waals surface area (Å²) in [6, 6.07) is 6.21. The highest BCUT2D eigenvalue weighted by Crippen LogP contribution is 2.26. The Morgan fingerprint density at radius 2 is 1.80 bits per heavy atom. The molecule has 2 N–H and O–H groups in total. The number of hydrogen-bond acceptors (Lipinski definition) is 4. The number of halogens is 1. The van der Waals surface area contributed by atoms with Gasteiger partial charge in [-0.1, -0.05) is 12.1 Å². The molecule has 0 spiro atoms. The van der Waals surface area contributed by atoms with Crippen molar-refractivity contribution in [3.05, 3.63) is 35.6 Å². The van der Waals surface area contributed by atoms with Crippen molar-refractivity contribution < 1.29 is 18.7 Å². The highest BCUT2D eigenvalue weighted by molar-refractivity contribution is 5.80. The lowest BCUT2D eigenvalue weighted by atomic mass is 9.87. The third kappa shape index (κ3) is 5.94. The van der Waals surface area contributed by atoms with E-state index in [1.807, 2.05) is 37.8 Å². The van der Waals surface area contributed by atoms with Crippen LogP contribution in [0.15, 0.2) is 24.3 Å². The molecule has 30 heavy (non-hydrogen) atoms. The van der Waals surface area contributed by atoms with Crippen LogP contribution in [0.1, 0.15) is 45.6 Å². The number of nitrogens with two attached hydrogens (primary N) is 1. The minimum absolute atomic E-state index is 0.0927. The lowest BCUT2D eigenvalue weighted by Gasteiger charge is -2.40. The van der Waals surface area contributed by atoms with Crippen molar-refractivity contribution >= 4 is 12.0 Å². The minimum Gasteiger partial charge on any atom is -0.444 e. The van der Waals surface area contributed by atoms with Gasteiger partial charge in [0, 0.05) is 32.2 Å². The van der Waals surface area contributed by atoms with Crippen LogP contribution in [0, 0.1) is 17.7 Å². The van der Waals surface area contributed by atoms with Crippen molar-refractivity contribution in [2.24, 2.45) is 17.6 Å². The molecule has 1 aromatic rings. The highest BCUT2D eigenvalue weighted by atomic mass is 19.1. The molecule has 3 atom stereocenters. The van der Waals surface area contributed by atoms with Gasteiger partial charge in [-0.2, -0.15) is 0 Å². The van der Waals surface area contributed by atoms with Gasteiger partial charge in [0.05, 0.1) is 5.92 Å². The first-order valence-electron chi connectivity index (χ1n) is 10.9. The van der Waals surface area contributed by atoms with Gasteiger partial charge in [0.15, 0.2) is 0 Å². The number of hydrogen-bond donors (Lipinski definition) is 1. The van der Waals surface area contributed by atoms with E-state index in [-0.39, 0.29) is 23.7 Å². The van der Waals surface area contributed by atoms with Crippen LogP contribution in [0.2, 0.25) is 0 Å². The first-order chi connectivity index (χ1) is 14.1. The Hall–Kier alpha value is -2.15. The summed E-state index contributed by atoms with van der Waals surface area (Å²) in [6.45, 7) is 7.76. The summed E-state index contributed by atoms with van der Waals surface area (Å²) in [5.74, 6) is -0.0412. The van der Waals surface area contributed by atoms with Crippen molar-refractivity contribution in [1.82, 2.24) is 9.80 Å². The monoisotopic (exact) mass is 419 g/mol. The highest BCUT2D eigenvalue weighted by Gasteiger charge is 2.38. The van der Waals surface area contributed by atoms with E-state index in [9.17, 15) is 14.0 Å². The summed E-state index contributed by atoms with van der Waals surface area (Å²) in [5, 5.41) is 0. The molecule has 7 heteroatoms. The summed E-state index contributed by atoms with van der Waals surface area (Å²) < 4.78 is 18.6. The van der Waals surface area contributed by atoms with Crippen LogP contribution in [0.3, 0.4) is 0 Å². The number of amides is 2. The molecule has 0 radical (unpaired) electrons. The zero-order chi connectivity index (χ0) is 21.9. The van der Waals surface area contributed by atoms with E-state index in [0.717, 1.165) is 31.4 Å². The molecule has 0 aliphatic carbocycles. The number of nitrogens with zero attached hydrogens (tertiary/aromatic N) is 2. The Bertz CT molecular complexity index is 747. The quantitative estimate of drug-likeness (QED) is 0.816. The zero-order valence-electron chi connectivity index (χ0n) is 18.3. The second-order valence-electron chi connectivity index (χ2n) is 9.61. The Morgan fingerprint density at radius 1 is 1.10 bits per heavy atom. The number of rotatable bonds is 3. The number of benzene rings is 1. The molecule has 0 saturated carbocycles. The van der Waals surface area contributed by atoms with Crippen LogP contribution in [-0.4, -0.2) is 59.6 Å². The van der Waals surface area contributed by atoms with Gasteiger partial charge in [0.1, 0.15) is 11.4 Å². The molecule has 2 amide bonds. The average Bonchev–Trinajstić information content (AvgIpc) is 2.68. The van der Waals surface area contributed by atoms with Crippen molar-refractivity contribution in [2.45, 2.75) is 58.1 Å². The van der Waals surface area contributed by atoms with Gasteiger partial charge in [-0.3, -0.25) is 4.79 Å². The third-order valence-electron chi connectivity index (χ3n) is 5.90. The molecular formula is C23H34FN3O3. The van der Waals surface area contributed by atoms with Gasteiger partial charge in [0.25, 0.3) is 0 Å². The SMILES string of the molecule is CC(C)(C)OC(=O)N1CC[C@H](C(=O)N2CCCC(Cc3ccc(F)cc3)C2)[C@@H](N)C1. The third-order valence-corrected chi connectivity index (χ3v) is 5.90. The van der Waals surface area contributed by atoms with Gasteiger partial charge in [-0.05, 0) is 70.1 Å². The topological polar surface area (TPSA) is 75.9 Å². The van der Waals surface area contributed by atoms with Crippen molar-refractivity contribution in [3.63, 3.8) is 0 Å². The molecule has 2 fully saturated rings. The summed E-state index contributed by atoms with van der Waals surface area (Å²) in [4.78, 5) is 29.0.